The second kappa shape index (κ2) is 10.1. The molecule has 0 aliphatic heterocycles. The smallest absolute Gasteiger partial charge is 0.338 e. The number of anilines is 1. The van der Waals surface area contributed by atoms with Gasteiger partial charge in [-0.05, 0) is 44.2 Å². The number of para-hydroxylation sites is 1. The summed E-state index contributed by atoms with van der Waals surface area (Å²) < 4.78 is 45.5. The number of rotatable bonds is 9. The van der Waals surface area contributed by atoms with Gasteiger partial charge in [0.15, 0.2) is 6.61 Å². The van der Waals surface area contributed by atoms with Crippen LogP contribution in [0.1, 0.15) is 24.2 Å². The van der Waals surface area contributed by atoms with Crippen molar-refractivity contribution in [3.63, 3.8) is 0 Å². The average Bonchev–Trinajstić information content (AvgIpc) is 2.71. The van der Waals surface area contributed by atoms with E-state index in [0.717, 1.165) is 18.2 Å². The van der Waals surface area contributed by atoms with Gasteiger partial charge in [0.1, 0.15) is 10.7 Å². The van der Waals surface area contributed by atoms with Crippen LogP contribution in [0.25, 0.3) is 0 Å². The monoisotopic (exact) mass is 434 g/mol. The largest absolute Gasteiger partial charge is 0.452 e. The number of halogens is 1. The number of sulfonamides is 1. The Labute approximate surface area is 175 Å². The number of ether oxygens (including phenoxy) is 1. The van der Waals surface area contributed by atoms with Gasteiger partial charge in [-0.1, -0.05) is 24.3 Å². The van der Waals surface area contributed by atoms with E-state index in [2.05, 4.69) is 11.3 Å². The van der Waals surface area contributed by atoms with Crippen molar-refractivity contribution >= 4 is 27.6 Å². The molecule has 0 aliphatic carbocycles. The molecule has 2 rings (SSSR count). The standard InChI is InChI=1S/C21H23FN2O5S/c1-4-12-23-30(27,28)19-13-16(10-11-18(19)22)21(26)29-14-20(25)24(15(2)3)17-8-6-5-7-9-17/h4-11,13,15,23H,1,12,14H2,2-3H3. The van der Waals surface area contributed by atoms with Crippen LogP contribution < -0.4 is 9.62 Å². The molecule has 0 saturated carbocycles. The second-order valence-corrected chi connectivity index (χ2v) is 8.29. The molecular formula is C21H23FN2O5S. The van der Waals surface area contributed by atoms with Crippen LogP contribution in [-0.2, 0) is 19.6 Å². The van der Waals surface area contributed by atoms with E-state index in [0.29, 0.717) is 5.69 Å². The maximum atomic E-state index is 14.0. The topological polar surface area (TPSA) is 92.8 Å². The quantitative estimate of drug-likeness (QED) is 0.484. The number of benzene rings is 2. The van der Waals surface area contributed by atoms with Crippen molar-refractivity contribution in [3.8, 4) is 0 Å². The van der Waals surface area contributed by atoms with Crippen molar-refractivity contribution in [2.75, 3.05) is 18.1 Å². The van der Waals surface area contributed by atoms with Gasteiger partial charge in [0, 0.05) is 18.3 Å². The molecule has 2 aromatic carbocycles. The molecule has 0 heterocycles. The van der Waals surface area contributed by atoms with Gasteiger partial charge in [0.25, 0.3) is 5.91 Å². The summed E-state index contributed by atoms with van der Waals surface area (Å²) in [7, 11) is -4.18. The van der Waals surface area contributed by atoms with Crippen LogP contribution in [0.5, 0.6) is 0 Å². The summed E-state index contributed by atoms with van der Waals surface area (Å²) >= 11 is 0. The minimum absolute atomic E-state index is 0.102. The molecule has 0 atom stereocenters. The Kier molecular flexibility index (Phi) is 7.85. The van der Waals surface area contributed by atoms with Crippen molar-refractivity contribution in [3.05, 3.63) is 72.6 Å². The third-order valence-corrected chi connectivity index (χ3v) is 5.46. The fourth-order valence-electron chi connectivity index (χ4n) is 2.68. The molecule has 30 heavy (non-hydrogen) atoms. The van der Waals surface area contributed by atoms with Crippen LogP contribution in [0.4, 0.5) is 10.1 Å². The lowest BCUT2D eigenvalue weighted by molar-refractivity contribution is -0.122. The Bertz CT molecular complexity index is 1020. The Morgan fingerprint density at radius 2 is 1.87 bits per heavy atom. The molecule has 0 aliphatic rings. The van der Waals surface area contributed by atoms with Crippen LogP contribution in [0, 0.1) is 5.82 Å². The highest BCUT2D eigenvalue weighted by Crippen LogP contribution is 2.19. The molecule has 0 fully saturated rings. The van der Waals surface area contributed by atoms with Gasteiger partial charge in [-0.25, -0.2) is 22.3 Å². The highest BCUT2D eigenvalue weighted by atomic mass is 32.2. The number of carbonyl (C=O) groups excluding carboxylic acids is 2. The number of amides is 1. The predicted octanol–water partition coefficient (Wildman–Crippen LogP) is 2.89. The Hall–Kier alpha value is -3.04. The number of hydrogen-bond acceptors (Lipinski definition) is 5. The molecule has 1 amide bonds. The van der Waals surface area contributed by atoms with E-state index in [9.17, 15) is 22.4 Å². The lowest BCUT2D eigenvalue weighted by Crippen LogP contribution is -2.39. The minimum atomic E-state index is -4.18. The highest BCUT2D eigenvalue weighted by molar-refractivity contribution is 7.89. The van der Waals surface area contributed by atoms with Gasteiger partial charge in [-0.2, -0.15) is 0 Å². The van der Waals surface area contributed by atoms with Gasteiger partial charge in [0.05, 0.1) is 5.56 Å². The molecular weight excluding hydrogens is 411 g/mol. The molecule has 9 heteroatoms. The minimum Gasteiger partial charge on any atom is -0.452 e. The molecule has 7 nitrogen and oxygen atoms in total. The van der Waals surface area contributed by atoms with Gasteiger partial charge in [-0.3, -0.25) is 4.79 Å². The maximum absolute atomic E-state index is 14.0. The Morgan fingerprint density at radius 1 is 1.20 bits per heavy atom. The van der Waals surface area contributed by atoms with Crippen LogP contribution in [0.2, 0.25) is 0 Å². The van der Waals surface area contributed by atoms with Crippen molar-refractivity contribution in [1.82, 2.24) is 4.72 Å². The van der Waals surface area contributed by atoms with Crippen molar-refractivity contribution in [1.29, 1.82) is 0 Å². The molecule has 160 valence electrons. The van der Waals surface area contributed by atoms with Crippen molar-refractivity contribution < 1.29 is 27.1 Å². The summed E-state index contributed by atoms with van der Waals surface area (Å²) in [5.41, 5.74) is 0.455. The number of nitrogens with zero attached hydrogens (tertiary/aromatic N) is 1. The zero-order valence-corrected chi connectivity index (χ0v) is 17.5. The summed E-state index contributed by atoms with van der Waals surface area (Å²) in [6.45, 7) is 6.37. The highest BCUT2D eigenvalue weighted by Gasteiger charge is 2.23. The van der Waals surface area contributed by atoms with Crippen LogP contribution in [0.15, 0.2) is 66.1 Å². The summed E-state index contributed by atoms with van der Waals surface area (Å²) in [6.07, 6.45) is 1.30. The van der Waals surface area contributed by atoms with Crippen LogP contribution >= 0.6 is 0 Å². The molecule has 0 aromatic heterocycles. The first-order valence-electron chi connectivity index (χ1n) is 9.11. The lowest BCUT2D eigenvalue weighted by atomic mass is 10.2. The normalized spacial score (nSPS) is 11.2. The molecule has 0 radical (unpaired) electrons. The fraction of sp³-hybridized carbons (Fsp3) is 0.238. The third kappa shape index (κ3) is 5.74. The first-order valence-corrected chi connectivity index (χ1v) is 10.6. The number of nitrogens with one attached hydrogen (secondary N) is 1. The zero-order chi connectivity index (χ0) is 22.3. The maximum Gasteiger partial charge on any atom is 0.338 e. The van der Waals surface area contributed by atoms with E-state index in [1.54, 1.807) is 24.3 Å². The van der Waals surface area contributed by atoms with Gasteiger partial charge in [-0.15, -0.1) is 6.58 Å². The third-order valence-electron chi connectivity index (χ3n) is 4.02. The van der Waals surface area contributed by atoms with Crippen LogP contribution in [0.3, 0.4) is 0 Å². The van der Waals surface area contributed by atoms with E-state index in [-0.39, 0.29) is 18.2 Å². The summed E-state index contributed by atoms with van der Waals surface area (Å²) in [5, 5.41) is 0. The first-order chi connectivity index (χ1) is 14.2. The summed E-state index contributed by atoms with van der Waals surface area (Å²) in [5.74, 6) is -2.42. The molecule has 0 saturated heterocycles. The SMILES string of the molecule is C=CCNS(=O)(=O)c1cc(C(=O)OCC(=O)N(c2ccccc2)C(C)C)ccc1F. The molecule has 1 N–H and O–H groups in total. The number of esters is 1. The van der Waals surface area contributed by atoms with Crippen molar-refractivity contribution in [2.45, 2.75) is 24.8 Å². The van der Waals surface area contributed by atoms with E-state index in [1.165, 1.54) is 11.0 Å². The molecule has 2 aromatic rings. The van der Waals surface area contributed by atoms with E-state index in [1.807, 2.05) is 19.9 Å². The average molecular weight is 434 g/mol. The van der Waals surface area contributed by atoms with Crippen molar-refractivity contribution in [2.24, 2.45) is 0 Å². The molecule has 0 bridgehead atoms. The van der Waals surface area contributed by atoms with E-state index in [4.69, 9.17) is 4.74 Å². The summed E-state index contributed by atoms with van der Waals surface area (Å²) in [6, 6.07) is 11.5. The van der Waals surface area contributed by atoms with Gasteiger partial charge in [0.2, 0.25) is 10.0 Å². The molecule has 0 unspecified atom stereocenters. The summed E-state index contributed by atoms with van der Waals surface area (Å²) in [4.78, 5) is 25.7. The Morgan fingerprint density at radius 3 is 2.47 bits per heavy atom. The number of carbonyl (C=O) groups is 2. The molecule has 0 spiro atoms. The van der Waals surface area contributed by atoms with E-state index < -0.39 is 39.2 Å². The first kappa shape index (κ1) is 23.2. The lowest BCUT2D eigenvalue weighted by Gasteiger charge is -2.26. The zero-order valence-electron chi connectivity index (χ0n) is 16.7. The van der Waals surface area contributed by atoms with E-state index >= 15 is 0 Å². The predicted molar refractivity (Wildman–Crippen MR) is 111 cm³/mol. The number of hydrogen-bond donors (Lipinski definition) is 1. The van der Waals surface area contributed by atoms with Crippen LogP contribution in [-0.4, -0.2) is 39.5 Å². The second-order valence-electron chi connectivity index (χ2n) is 6.55. The fourth-order valence-corrected chi connectivity index (χ4v) is 3.78. The Balaban J connectivity index is 2.15. The van der Waals surface area contributed by atoms with Gasteiger partial charge >= 0.3 is 5.97 Å². The van der Waals surface area contributed by atoms with Gasteiger partial charge < -0.3 is 9.64 Å².